The Labute approximate surface area is 113 Å². The van der Waals surface area contributed by atoms with Gasteiger partial charge >= 0.3 is 5.97 Å². The summed E-state index contributed by atoms with van der Waals surface area (Å²) >= 11 is 0. The van der Waals surface area contributed by atoms with Crippen LogP contribution in [0.3, 0.4) is 0 Å². The number of hydrogen-bond acceptors (Lipinski definition) is 3. The van der Waals surface area contributed by atoms with Crippen molar-refractivity contribution in [1.82, 2.24) is 5.32 Å². The van der Waals surface area contributed by atoms with Crippen LogP contribution in [0.25, 0.3) is 0 Å². The van der Waals surface area contributed by atoms with Crippen LogP contribution in [0, 0.1) is 0 Å². The zero-order valence-electron chi connectivity index (χ0n) is 11.3. The van der Waals surface area contributed by atoms with E-state index in [0.29, 0.717) is 12.8 Å². The van der Waals surface area contributed by atoms with Crippen LogP contribution in [-0.2, 0) is 14.3 Å². The second-order valence-electron chi connectivity index (χ2n) is 5.58. The highest BCUT2D eigenvalue weighted by Gasteiger charge is 2.35. The van der Waals surface area contributed by atoms with Crippen molar-refractivity contribution in [3.05, 3.63) is 0 Å². The van der Waals surface area contributed by atoms with Gasteiger partial charge in [-0.15, -0.1) is 0 Å². The zero-order valence-corrected chi connectivity index (χ0v) is 11.3. The standard InChI is InChI=1S/C14H23NO4/c16-13(11-8-9-12(19-11)14(17)18)15-10-6-4-2-1-3-5-7-10/h10-12H,1-9H2,(H,15,16)(H,17,18)/t11-,12+/m0/s1. The van der Waals surface area contributed by atoms with Crippen LogP contribution in [0.15, 0.2) is 0 Å². The Morgan fingerprint density at radius 3 is 2.05 bits per heavy atom. The molecular formula is C14H23NO4. The first-order chi connectivity index (χ1) is 9.16. The summed E-state index contributed by atoms with van der Waals surface area (Å²) in [6, 6.07) is 0.236. The number of carboxylic acid groups (broad SMARTS) is 1. The van der Waals surface area contributed by atoms with Crippen molar-refractivity contribution in [1.29, 1.82) is 0 Å². The molecule has 0 radical (unpaired) electrons. The quantitative estimate of drug-likeness (QED) is 0.820. The summed E-state index contributed by atoms with van der Waals surface area (Å²) < 4.78 is 5.27. The maximum absolute atomic E-state index is 12.1. The molecule has 2 fully saturated rings. The number of aliphatic carboxylic acids is 1. The Balaban J connectivity index is 1.78. The SMILES string of the molecule is O=C(NC1CCCCCCC1)[C@@H]1CC[C@H](C(=O)O)O1. The van der Waals surface area contributed by atoms with Gasteiger partial charge in [-0.1, -0.05) is 32.1 Å². The smallest absolute Gasteiger partial charge is 0.332 e. The number of carboxylic acids is 1. The van der Waals surface area contributed by atoms with Crippen molar-refractivity contribution >= 4 is 11.9 Å². The van der Waals surface area contributed by atoms with Crippen molar-refractivity contribution in [2.45, 2.75) is 76.0 Å². The minimum Gasteiger partial charge on any atom is -0.479 e. The largest absolute Gasteiger partial charge is 0.479 e. The third-order valence-corrected chi connectivity index (χ3v) is 4.04. The van der Waals surface area contributed by atoms with Crippen LogP contribution in [0.2, 0.25) is 0 Å². The van der Waals surface area contributed by atoms with Crippen LogP contribution in [0.1, 0.15) is 57.8 Å². The van der Waals surface area contributed by atoms with E-state index in [1.54, 1.807) is 0 Å². The minimum atomic E-state index is -0.971. The number of hydrogen-bond donors (Lipinski definition) is 2. The van der Waals surface area contributed by atoms with E-state index < -0.39 is 18.2 Å². The van der Waals surface area contributed by atoms with Crippen molar-refractivity contribution in [3.8, 4) is 0 Å². The molecule has 19 heavy (non-hydrogen) atoms. The maximum atomic E-state index is 12.1. The van der Waals surface area contributed by atoms with Gasteiger partial charge in [0.1, 0.15) is 6.10 Å². The average molecular weight is 269 g/mol. The first-order valence-corrected chi connectivity index (χ1v) is 7.35. The molecule has 2 aliphatic rings. The number of ether oxygens (including phenoxy) is 1. The lowest BCUT2D eigenvalue weighted by molar-refractivity contribution is -0.151. The first-order valence-electron chi connectivity index (χ1n) is 7.35. The fourth-order valence-electron chi connectivity index (χ4n) is 2.91. The molecule has 1 heterocycles. The van der Waals surface area contributed by atoms with Gasteiger partial charge in [0.05, 0.1) is 0 Å². The molecule has 108 valence electrons. The highest BCUT2D eigenvalue weighted by Crippen LogP contribution is 2.21. The molecule has 5 nitrogen and oxygen atoms in total. The molecule has 2 atom stereocenters. The fourth-order valence-corrected chi connectivity index (χ4v) is 2.91. The molecule has 2 rings (SSSR count). The highest BCUT2D eigenvalue weighted by atomic mass is 16.5. The van der Waals surface area contributed by atoms with Gasteiger partial charge in [-0.25, -0.2) is 4.79 Å². The summed E-state index contributed by atoms with van der Waals surface area (Å²) in [5.41, 5.74) is 0. The van der Waals surface area contributed by atoms with Gasteiger partial charge in [-0.3, -0.25) is 4.79 Å². The number of amides is 1. The normalized spacial score (nSPS) is 29.5. The predicted molar refractivity (Wildman–Crippen MR) is 69.8 cm³/mol. The van der Waals surface area contributed by atoms with Gasteiger partial charge in [-0.2, -0.15) is 0 Å². The molecule has 1 saturated carbocycles. The van der Waals surface area contributed by atoms with Crippen molar-refractivity contribution in [2.75, 3.05) is 0 Å². The Kier molecular flexibility index (Phi) is 5.19. The van der Waals surface area contributed by atoms with E-state index in [-0.39, 0.29) is 11.9 Å². The summed E-state index contributed by atoms with van der Waals surface area (Å²) in [6.07, 6.45) is 7.71. The summed E-state index contributed by atoms with van der Waals surface area (Å²) in [7, 11) is 0. The van der Waals surface area contributed by atoms with Crippen LogP contribution in [0.5, 0.6) is 0 Å². The van der Waals surface area contributed by atoms with E-state index in [1.165, 1.54) is 19.3 Å². The third-order valence-electron chi connectivity index (χ3n) is 4.04. The Hall–Kier alpha value is -1.10. The average Bonchev–Trinajstić information content (AvgIpc) is 2.82. The van der Waals surface area contributed by atoms with Gasteiger partial charge in [0.2, 0.25) is 5.91 Å². The van der Waals surface area contributed by atoms with E-state index in [4.69, 9.17) is 9.84 Å². The van der Waals surface area contributed by atoms with Crippen molar-refractivity contribution < 1.29 is 19.4 Å². The summed E-state index contributed by atoms with van der Waals surface area (Å²) in [5.74, 6) is -1.10. The first kappa shape index (κ1) is 14.3. The third kappa shape index (κ3) is 4.20. The zero-order chi connectivity index (χ0) is 13.7. The van der Waals surface area contributed by atoms with Crippen LogP contribution in [-0.4, -0.2) is 35.2 Å². The lowest BCUT2D eigenvalue weighted by Crippen LogP contribution is -2.42. The summed E-state index contributed by atoms with van der Waals surface area (Å²) in [5, 5.41) is 11.9. The van der Waals surface area contributed by atoms with E-state index in [9.17, 15) is 9.59 Å². The number of nitrogens with one attached hydrogen (secondary N) is 1. The van der Waals surface area contributed by atoms with Gasteiger partial charge in [-0.05, 0) is 25.7 Å². The molecule has 5 heteroatoms. The topological polar surface area (TPSA) is 75.6 Å². The van der Waals surface area contributed by atoms with E-state index in [0.717, 1.165) is 25.7 Å². The lowest BCUT2D eigenvalue weighted by Gasteiger charge is -2.22. The Morgan fingerprint density at radius 2 is 1.47 bits per heavy atom. The van der Waals surface area contributed by atoms with Crippen LogP contribution >= 0.6 is 0 Å². The fraction of sp³-hybridized carbons (Fsp3) is 0.857. The predicted octanol–water partition coefficient (Wildman–Crippen LogP) is 1.85. The second-order valence-corrected chi connectivity index (χ2v) is 5.58. The number of carbonyl (C=O) groups is 2. The van der Waals surface area contributed by atoms with E-state index in [2.05, 4.69) is 5.32 Å². The Bertz CT molecular complexity index is 323. The molecule has 0 spiro atoms. The molecule has 0 aromatic heterocycles. The number of carbonyl (C=O) groups excluding carboxylic acids is 1. The summed E-state index contributed by atoms with van der Waals surface area (Å²) in [6.45, 7) is 0. The molecule has 2 N–H and O–H groups in total. The van der Waals surface area contributed by atoms with Crippen molar-refractivity contribution in [2.24, 2.45) is 0 Å². The number of rotatable bonds is 3. The van der Waals surface area contributed by atoms with Gasteiger partial charge < -0.3 is 15.2 Å². The van der Waals surface area contributed by atoms with Gasteiger partial charge in [0.15, 0.2) is 6.10 Å². The molecule has 0 bridgehead atoms. The van der Waals surface area contributed by atoms with Crippen molar-refractivity contribution in [3.63, 3.8) is 0 Å². The van der Waals surface area contributed by atoms with E-state index >= 15 is 0 Å². The monoisotopic (exact) mass is 269 g/mol. The molecule has 0 unspecified atom stereocenters. The molecule has 1 aliphatic carbocycles. The second kappa shape index (κ2) is 6.89. The summed E-state index contributed by atoms with van der Waals surface area (Å²) in [4.78, 5) is 22.8. The van der Waals surface area contributed by atoms with Gasteiger partial charge in [0.25, 0.3) is 0 Å². The van der Waals surface area contributed by atoms with Crippen LogP contribution < -0.4 is 5.32 Å². The highest BCUT2D eigenvalue weighted by molar-refractivity contribution is 5.82. The van der Waals surface area contributed by atoms with Gasteiger partial charge in [0, 0.05) is 6.04 Å². The molecule has 1 saturated heterocycles. The maximum Gasteiger partial charge on any atom is 0.332 e. The lowest BCUT2D eigenvalue weighted by atomic mass is 9.96. The van der Waals surface area contributed by atoms with Crippen LogP contribution in [0.4, 0.5) is 0 Å². The molecule has 0 aromatic rings. The molecular weight excluding hydrogens is 246 g/mol. The van der Waals surface area contributed by atoms with E-state index in [1.807, 2.05) is 0 Å². The Morgan fingerprint density at radius 1 is 0.895 bits per heavy atom. The molecule has 1 amide bonds. The molecule has 0 aromatic carbocycles. The molecule has 1 aliphatic heterocycles. The minimum absolute atomic E-state index is 0.130.